The summed E-state index contributed by atoms with van der Waals surface area (Å²) in [4.78, 5) is 2.46. The van der Waals surface area contributed by atoms with Gasteiger partial charge < -0.3 is 9.47 Å². The zero-order chi connectivity index (χ0) is 17.4. The number of aryl methyl sites for hydroxylation is 1. The van der Waals surface area contributed by atoms with Crippen molar-refractivity contribution in [2.75, 3.05) is 14.1 Å². The second kappa shape index (κ2) is 6.79. The third-order valence-electron chi connectivity index (χ3n) is 6.91. The van der Waals surface area contributed by atoms with E-state index in [9.17, 15) is 0 Å². The summed E-state index contributed by atoms with van der Waals surface area (Å²) < 4.78 is 2.75. The zero-order valence-corrected chi connectivity index (χ0v) is 16.4. The number of aromatic nitrogens is 1. The van der Waals surface area contributed by atoms with E-state index in [-0.39, 0.29) is 0 Å². The molecule has 2 aromatic rings. The Labute approximate surface area is 153 Å². The Morgan fingerprint density at radius 2 is 1.84 bits per heavy atom. The van der Waals surface area contributed by atoms with Gasteiger partial charge in [0.2, 0.25) is 0 Å². The van der Waals surface area contributed by atoms with E-state index in [1.165, 1.54) is 75.2 Å². The van der Waals surface area contributed by atoms with E-state index in [4.69, 9.17) is 0 Å². The summed E-state index contributed by atoms with van der Waals surface area (Å²) in [6.45, 7) is 3.51. The first-order valence-electron chi connectivity index (χ1n) is 10.5. The molecule has 0 aliphatic heterocycles. The standard InChI is InChI=1S/C23H34N2/c1-4-5-17-25-19-12-8-7-11-18(19)21-20(24(2)3)13-16-23(22(21)25)14-9-6-10-15-23/h7-8,11-12,20H,4-6,9-10,13-17H2,1-3H3. The highest BCUT2D eigenvalue weighted by atomic mass is 15.1. The van der Waals surface area contributed by atoms with Crippen LogP contribution < -0.4 is 0 Å². The summed E-state index contributed by atoms with van der Waals surface area (Å²) in [6, 6.07) is 9.80. The summed E-state index contributed by atoms with van der Waals surface area (Å²) in [6.07, 6.45) is 12.3. The summed E-state index contributed by atoms with van der Waals surface area (Å²) >= 11 is 0. The van der Waals surface area contributed by atoms with Gasteiger partial charge >= 0.3 is 0 Å². The first-order valence-corrected chi connectivity index (χ1v) is 10.5. The largest absolute Gasteiger partial charge is 0.344 e. The molecular weight excluding hydrogens is 304 g/mol. The molecule has 0 radical (unpaired) electrons. The smallest absolute Gasteiger partial charge is 0.0486 e. The highest BCUT2D eigenvalue weighted by Crippen LogP contribution is 2.53. The molecule has 1 aromatic heterocycles. The molecule has 1 atom stereocenters. The van der Waals surface area contributed by atoms with Gasteiger partial charge in [-0.2, -0.15) is 0 Å². The molecule has 0 bridgehead atoms. The third-order valence-corrected chi connectivity index (χ3v) is 6.91. The topological polar surface area (TPSA) is 8.17 Å². The molecule has 2 nitrogen and oxygen atoms in total. The predicted octanol–water partition coefficient (Wildman–Crippen LogP) is 6.04. The molecule has 0 amide bonds. The van der Waals surface area contributed by atoms with Crippen molar-refractivity contribution >= 4 is 10.9 Å². The number of benzene rings is 1. The highest BCUT2D eigenvalue weighted by Gasteiger charge is 2.44. The van der Waals surface area contributed by atoms with Crippen molar-refractivity contribution in [2.24, 2.45) is 0 Å². The minimum absolute atomic E-state index is 0.451. The molecule has 2 heteroatoms. The Bertz CT molecular complexity index is 734. The quantitative estimate of drug-likeness (QED) is 0.660. The SMILES string of the molecule is CCCCn1c2c(c3ccccc31)C(N(C)C)CCC21CCCCC1. The Balaban J connectivity index is 1.98. The number of fused-ring (bicyclic) bond motifs is 4. The Hall–Kier alpha value is -1.28. The molecule has 1 aromatic carbocycles. The van der Waals surface area contributed by atoms with Crippen molar-refractivity contribution in [3.8, 4) is 0 Å². The Morgan fingerprint density at radius 1 is 1.08 bits per heavy atom. The summed E-state index contributed by atoms with van der Waals surface area (Å²) in [5.74, 6) is 0. The lowest BCUT2D eigenvalue weighted by atomic mass is 9.63. The molecule has 1 unspecified atom stereocenters. The van der Waals surface area contributed by atoms with Crippen molar-refractivity contribution < 1.29 is 0 Å². The van der Waals surface area contributed by atoms with Crippen molar-refractivity contribution in [3.05, 3.63) is 35.5 Å². The highest BCUT2D eigenvalue weighted by molar-refractivity contribution is 5.87. The van der Waals surface area contributed by atoms with Crippen LogP contribution in [0.5, 0.6) is 0 Å². The van der Waals surface area contributed by atoms with E-state index < -0.39 is 0 Å². The molecule has 1 saturated carbocycles. The fourth-order valence-corrected chi connectivity index (χ4v) is 5.70. The Morgan fingerprint density at radius 3 is 2.56 bits per heavy atom. The van der Waals surface area contributed by atoms with Crippen molar-refractivity contribution in [3.63, 3.8) is 0 Å². The monoisotopic (exact) mass is 338 g/mol. The summed E-state index contributed by atoms with van der Waals surface area (Å²) in [5, 5.41) is 1.52. The molecule has 25 heavy (non-hydrogen) atoms. The summed E-state index contributed by atoms with van der Waals surface area (Å²) in [5.41, 5.74) is 5.34. The fraction of sp³-hybridized carbons (Fsp3) is 0.652. The third kappa shape index (κ3) is 2.73. The van der Waals surface area contributed by atoms with Gasteiger partial charge in [-0.05, 0) is 57.8 Å². The van der Waals surface area contributed by atoms with Crippen LogP contribution >= 0.6 is 0 Å². The molecule has 1 heterocycles. The number of para-hydroxylation sites is 1. The van der Waals surface area contributed by atoms with Gasteiger partial charge in [0.15, 0.2) is 0 Å². The molecule has 2 aliphatic carbocycles. The van der Waals surface area contributed by atoms with Crippen LogP contribution in [0.15, 0.2) is 24.3 Å². The van der Waals surface area contributed by atoms with E-state index in [0.29, 0.717) is 11.5 Å². The minimum Gasteiger partial charge on any atom is -0.344 e. The lowest BCUT2D eigenvalue weighted by molar-refractivity contribution is 0.181. The number of unbranched alkanes of at least 4 members (excludes halogenated alkanes) is 1. The lowest BCUT2D eigenvalue weighted by Gasteiger charge is -2.45. The van der Waals surface area contributed by atoms with Crippen LogP contribution in [0.2, 0.25) is 0 Å². The first kappa shape index (κ1) is 17.1. The number of nitrogens with zero attached hydrogens (tertiary/aromatic N) is 2. The normalized spacial score (nSPS) is 22.6. The van der Waals surface area contributed by atoms with Crippen molar-refractivity contribution in [1.82, 2.24) is 9.47 Å². The van der Waals surface area contributed by atoms with Crippen LogP contribution in [0.1, 0.15) is 82.0 Å². The number of rotatable bonds is 4. The van der Waals surface area contributed by atoms with Gasteiger partial charge in [0.25, 0.3) is 0 Å². The molecular formula is C23H34N2. The van der Waals surface area contributed by atoms with Crippen molar-refractivity contribution in [1.29, 1.82) is 0 Å². The van der Waals surface area contributed by atoms with Gasteiger partial charge in [-0.3, -0.25) is 0 Å². The van der Waals surface area contributed by atoms with Crippen LogP contribution in [0.3, 0.4) is 0 Å². The molecule has 136 valence electrons. The number of hydrogen-bond acceptors (Lipinski definition) is 1. The van der Waals surface area contributed by atoms with E-state index in [2.05, 4.69) is 54.8 Å². The van der Waals surface area contributed by atoms with E-state index in [1.54, 1.807) is 11.3 Å². The van der Waals surface area contributed by atoms with Gasteiger partial charge in [0.05, 0.1) is 0 Å². The molecule has 1 spiro atoms. The minimum atomic E-state index is 0.451. The van der Waals surface area contributed by atoms with Gasteiger partial charge in [-0.15, -0.1) is 0 Å². The van der Waals surface area contributed by atoms with Gasteiger partial charge in [-0.25, -0.2) is 0 Å². The van der Waals surface area contributed by atoms with E-state index in [1.807, 2.05) is 0 Å². The van der Waals surface area contributed by atoms with Crippen LogP contribution in [-0.4, -0.2) is 23.6 Å². The predicted molar refractivity (Wildman–Crippen MR) is 107 cm³/mol. The average Bonchev–Trinajstić information content (AvgIpc) is 2.97. The fourth-order valence-electron chi connectivity index (χ4n) is 5.70. The average molecular weight is 339 g/mol. The molecule has 4 rings (SSSR count). The molecule has 1 fully saturated rings. The first-order chi connectivity index (χ1) is 12.2. The van der Waals surface area contributed by atoms with Gasteiger partial charge in [0, 0.05) is 34.6 Å². The summed E-state index contributed by atoms with van der Waals surface area (Å²) in [7, 11) is 4.54. The molecule has 0 N–H and O–H groups in total. The van der Waals surface area contributed by atoms with Crippen LogP contribution in [-0.2, 0) is 12.0 Å². The van der Waals surface area contributed by atoms with E-state index in [0.717, 1.165) is 0 Å². The molecule has 0 saturated heterocycles. The van der Waals surface area contributed by atoms with Crippen LogP contribution in [0, 0.1) is 0 Å². The maximum absolute atomic E-state index is 2.75. The van der Waals surface area contributed by atoms with Crippen molar-refractivity contribution in [2.45, 2.75) is 82.7 Å². The van der Waals surface area contributed by atoms with E-state index >= 15 is 0 Å². The number of hydrogen-bond donors (Lipinski definition) is 0. The maximum Gasteiger partial charge on any atom is 0.0486 e. The maximum atomic E-state index is 2.75. The Kier molecular flexibility index (Phi) is 4.66. The van der Waals surface area contributed by atoms with Gasteiger partial charge in [-0.1, -0.05) is 50.8 Å². The second-order valence-electron chi connectivity index (χ2n) is 8.64. The zero-order valence-electron chi connectivity index (χ0n) is 16.4. The van der Waals surface area contributed by atoms with Gasteiger partial charge in [0.1, 0.15) is 0 Å². The van der Waals surface area contributed by atoms with Crippen LogP contribution in [0.25, 0.3) is 10.9 Å². The second-order valence-corrected chi connectivity index (χ2v) is 8.64. The molecule has 2 aliphatic rings. The lowest BCUT2D eigenvalue weighted by Crippen LogP contribution is -2.39. The van der Waals surface area contributed by atoms with Crippen LogP contribution in [0.4, 0.5) is 0 Å².